The van der Waals surface area contributed by atoms with E-state index in [1.165, 1.54) is 36.8 Å². The van der Waals surface area contributed by atoms with Gasteiger partial charge in [-0.3, -0.25) is 9.59 Å². The zero-order valence-corrected chi connectivity index (χ0v) is 16.1. The number of hydrogen-bond donors (Lipinski definition) is 2. The van der Waals surface area contributed by atoms with Crippen LogP contribution in [0.4, 0.5) is 20.2 Å². The van der Waals surface area contributed by atoms with Crippen LogP contribution < -0.4 is 16.2 Å². The van der Waals surface area contributed by atoms with Crippen LogP contribution in [0.3, 0.4) is 0 Å². The number of amides is 1. The molecule has 3 heterocycles. The van der Waals surface area contributed by atoms with Gasteiger partial charge < -0.3 is 10.6 Å². The second-order valence-electron chi connectivity index (χ2n) is 6.44. The first-order valence-electron chi connectivity index (χ1n) is 8.30. The summed E-state index contributed by atoms with van der Waals surface area (Å²) in [5.74, 6) is -3.98. The molecule has 0 bridgehead atoms. The number of halogens is 3. The van der Waals surface area contributed by atoms with Gasteiger partial charge in [-0.05, 0) is 6.07 Å². The largest absolute Gasteiger partial charge is 0.355 e. The van der Waals surface area contributed by atoms with Crippen molar-refractivity contribution in [3.05, 3.63) is 44.9 Å². The minimum Gasteiger partial charge on any atom is -0.355 e. The predicted molar refractivity (Wildman–Crippen MR) is 103 cm³/mol. The van der Waals surface area contributed by atoms with E-state index in [9.17, 15) is 18.4 Å². The Morgan fingerprint density at radius 2 is 2.18 bits per heavy atom. The Kier molecular flexibility index (Phi) is 4.54. The molecule has 1 amide bonds. The molecule has 1 saturated carbocycles. The van der Waals surface area contributed by atoms with Crippen LogP contribution in [0.5, 0.6) is 0 Å². The van der Waals surface area contributed by atoms with Crippen molar-refractivity contribution in [1.82, 2.24) is 20.1 Å². The van der Waals surface area contributed by atoms with Crippen LogP contribution in [0, 0.1) is 5.92 Å². The zero-order valence-electron chi connectivity index (χ0n) is 14.5. The van der Waals surface area contributed by atoms with Crippen molar-refractivity contribution in [2.24, 2.45) is 5.92 Å². The van der Waals surface area contributed by atoms with Crippen LogP contribution in [0.2, 0.25) is 5.15 Å². The molecular formula is C17H14ClF2N5O2S. The highest BCUT2D eigenvalue weighted by Crippen LogP contribution is 2.49. The van der Waals surface area contributed by atoms with Crippen molar-refractivity contribution in [3.63, 3.8) is 0 Å². The van der Waals surface area contributed by atoms with Gasteiger partial charge in [-0.2, -0.15) is 5.10 Å². The number of nitrogens with one attached hydrogen (secondary N) is 2. The first kappa shape index (κ1) is 18.8. The summed E-state index contributed by atoms with van der Waals surface area (Å²) >= 11 is 7.22. The molecule has 1 unspecified atom stereocenters. The van der Waals surface area contributed by atoms with Crippen molar-refractivity contribution in [3.8, 4) is 0 Å². The molecule has 1 atom stereocenters. The molecule has 0 aliphatic heterocycles. The van der Waals surface area contributed by atoms with Gasteiger partial charge in [0.2, 0.25) is 0 Å². The quantitative estimate of drug-likeness (QED) is 0.612. The Morgan fingerprint density at radius 3 is 2.86 bits per heavy atom. The molecule has 0 saturated heterocycles. The normalized spacial score (nSPS) is 17.5. The van der Waals surface area contributed by atoms with Gasteiger partial charge in [0, 0.05) is 31.0 Å². The molecule has 0 aromatic carbocycles. The lowest BCUT2D eigenvalue weighted by Gasteiger charge is -2.11. The Balaban J connectivity index is 1.73. The number of alkyl halides is 2. The molecule has 28 heavy (non-hydrogen) atoms. The van der Waals surface area contributed by atoms with Crippen LogP contribution in [0.25, 0.3) is 10.1 Å². The second-order valence-corrected chi connectivity index (χ2v) is 7.74. The molecule has 3 aromatic rings. The van der Waals surface area contributed by atoms with Gasteiger partial charge in [0.25, 0.3) is 17.4 Å². The van der Waals surface area contributed by atoms with Crippen molar-refractivity contribution in [2.45, 2.75) is 18.9 Å². The van der Waals surface area contributed by atoms with Gasteiger partial charge in [0.1, 0.15) is 5.15 Å². The van der Waals surface area contributed by atoms with E-state index >= 15 is 0 Å². The molecule has 4 rings (SSSR count). The monoisotopic (exact) mass is 425 g/mol. The summed E-state index contributed by atoms with van der Waals surface area (Å²) < 4.78 is 28.1. The van der Waals surface area contributed by atoms with E-state index in [0.717, 1.165) is 4.68 Å². The van der Waals surface area contributed by atoms with Gasteiger partial charge >= 0.3 is 0 Å². The molecule has 0 radical (unpaired) electrons. The zero-order chi connectivity index (χ0) is 20.1. The van der Waals surface area contributed by atoms with Crippen molar-refractivity contribution >= 4 is 50.3 Å². The number of pyridine rings is 1. The van der Waals surface area contributed by atoms with E-state index in [-0.39, 0.29) is 29.6 Å². The van der Waals surface area contributed by atoms with Gasteiger partial charge in [0.15, 0.2) is 0 Å². The maximum atomic E-state index is 13.2. The topological polar surface area (TPSA) is 88.9 Å². The van der Waals surface area contributed by atoms with Crippen molar-refractivity contribution < 1.29 is 13.6 Å². The second kappa shape index (κ2) is 6.78. The predicted octanol–water partition coefficient (Wildman–Crippen LogP) is 3.26. The Bertz CT molecular complexity index is 1150. The lowest BCUT2D eigenvalue weighted by Crippen LogP contribution is -2.24. The number of anilines is 2. The molecule has 2 N–H and O–H groups in total. The molecule has 7 nitrogen and oxygen atoms in total. The Morgan fingerprint density at radius 1 is 1.43 bits per heavy atom. The van der Waals surface area contributed by atoms with Gasteiger partial charge in [-0.15, -0.1) is 11.3 Å². The summed E-state index contributed by atoms with van der Waals surface area (Å²) in [6.45, 7) is -0.137. The van der Waals surface area contributed by atoms with E-state index in [1.807, 2.05) is 0 Å². The highest BCUT2D eigenvalue weighted by molar-refractivity contribution is 7.17. The molecule has 11 heteroatoms. The number of aromatic nitrogens is 3. The number of thiophene rings is 1. The van der Waals surface area contributed by atoms with Crippen LogP contribution in [-0.2, 0) is 6.54 Å². The maximum absolute atomic E-state index is 13.2. The number of hydrogen-bond acceptors (Lipinski definition) is 6. The minimum absolute atomic E-state index is 0.137. The van der Waals surface area contributed by atoms with Crippen molar-refractivity contribution in [1.29, 1.82) is 0 Å². The van der Waals surface area contributed by atoms with Gasteiger partial charge in [-0.1, -0.05) is 11.6 Å². The standard InChI is InChI=1S/C17H14ClF2N5O2S/c1-21-15(26)9-4-22-13(18)2-10(9)24-11-7-28-12-5-23-25(16(27)14(11)12)6-8-3-17(8,19)20/h2,4-5,7-8H,3,6H2,1H3,(H,21,26)(H,22,24). The minimum atomic E-state index is -2.73. The van der Waals surface area contributed by atoms with E-state index in [1.54, 1.807) is 5.38 Å². The van der Waals surface area contributed by atoms with Crippen LogP contribution in [0.1, 0.15) is 16.8 Å². The molecule has 1 aliphatic rings. The number of carbonyl (C=O) groups excluding carboxylic acids is 1. The highest BCUT2D eigenvalue weighted by atomic mass is 35.5. The first-order chi connectivity index (χ1) is 13.3. The smallest absolute Gasteiger partial charge is 0.277 e. The van der Waals surface area contributed by atoms with Crippen LogP contribution >= 0.6 is 22.9 Å². The SMILES string of the molecule is CNC(=O)c1cnc(Cl)cc1Nc1csc2cnn(CC3CC3(F)F)c(=O)c12. The van der Waals surface area contributed by atoms with E-state index in [4.69, 9.17) is 11.6 Å². The fourth-order valence-electron chi connectivity index (χ4n) is 2.88. The third-order valence-electron chi connectivity index (χ3n) is 4.54. The lowest BCUT2D eigenvalue weighted by atomic mass is 10.2. The first-order valence-corrected chi connectivity index (χ1v) is 9.55. The summed E-state index contributed by atoms with van der Waals surface area (Å²) in [5.41, 5.74) is 0.593. The summed E-state index contributed by atoms with van der Waals surface area (Å²) in [7, 11) is 1.48. The molecule has 146 valence electrons. The third-order valence-corrected chi connectivity index (χ3v) is 5.67. The number of carbonyl (C=O) groups is 1. The van der Waals surface area contributed by atoms with E-state index in [0.29, 0.717) is 21.5 Å². The van der Waals surface area contributed by atoms with Gasteiger partial charge in [-0.25, -0.2) is 18.4 Å². The average Bonchev–Trinajstić information content (AvgIpc) is 3.06. The van der Waals surface area contributed by atoms with Crippen LogP contribution in [0.15, 0.2) is 28.6 Å². The number of fused-ring (bicyclic) bond motifs is 1. The van der Waals surface area contributed by atoms with E-state index < -0.39 is 17.4 Å². The Hall–Kier alpha value is -2.59. The highest BCUT2D eigenvalue weighted by Gasteiger charge is 2.57. The summed E-state index contributed by atoms with van der Waals surface area (Å²) in [6, 6.07) is 1.47. The number of nitrogens with zero attached hydrogens (tertiary/aromatic N) is 3. The van der Waals surface area contributed by atoms with Crippen LogP contribution in [-0.4, -0.2) is 33.6 Å². The molecular weight excluding hydrogens is 412 g/mol. The molecule has 3 aromatic heterocycles. The van der Waals surface area contributed by atoms with Gasteiger partial charge in [0.05, 0.1) is 39.8 Å². The number of rotatable bonds is 5. The third kappa shape index (κ3) is 3.33. The lowest BCUT2D eigenvalue weighted by molar-refractivity contribution is 0.0937. The fraction of sp³-hybridized carbons (Fsp3) is 0.294. The summed E-state index contributed by atoms with van der Waals surface area (Å²) in [6.07, 6.45) is 2.57. The fourth-order valence-corrected chi connectivity index (χ4v) is 3.89. The van der Waals surface area contributed by atoms with E-state index in [2.05, 4.69) is 20.7 Å². The molecule has 1 fully saturated rings. The molecule has 1 aliphatic carbocycles. The maximum Gasteiger partial charge on any atom is 0.277 e. The van der Waals surface area contributed by atoms with Crippen molar-refractivity contribution in [2.75, 3.05) is 12.4 Å². The molecule has 0 spiro atoms. The Labute approximate surface area is 166 Å². The summed E-state index contributed by atoms with van der Waals surface area (Å²) in [4.78, 5) is 28.8. The summed E-state index contributed by atoms with van der Waals surface area (Å²) in [5, 5.41) is 11.7. The average molecular weight is 426 g/mol.